The maximum atomic E-state index is 14.0. The van der Waals surface area contributed by atoms with Crippen molar-refractivity contribution in [3.8, 4) is 5.82 Å². The van der Waals surface area contributed by atoms with Gasteiger partial charge in [0.25, 0.3) is 0 Å². The highest BCUT2D eigenvalue weighted by atomic mass is 19.1. The molecule has 1 aromatic carbocycles. The first-order chi connectivity index (χ1) is 14.5. The summed E-state index contributed by atoms with van der Waals surface area (Å²) in [6.45, 7) is 5.60. The predicted molar refractivity (Wildman–Crippen MR) is 110 cm³/mol. The molecule has 0 aliphatic carbocycles. The Labute approximate surface area is 173 Å². The number of nitrogens with zero attached hydrogens (tertiary/aromatic N) is 5. The SMILES string of the molecule is Cc1c(/C=C/CN2CCN(c3cc(F)cc(F)c3)CC2)cnn1-c1ncccc1F. The lowest BCUT2D eigenvalue weighted by molar-refractivity contribution is 0.284. The van der Waals surface area contributed by atoms with Crippen LogP contribution < -0.4 is 4.90 Å². The largest absolute Gasteiger partial charge is 0.369 e. The summed E-state index contributed by atoms with van der Waals surface area (Å²) in [4.78, 5) is 8.31. The Bertz CT molecular complexity index is 1030. The van der Waals surface area contributed by atoms with Crippen LogP contribution >= 0.6 is 0 Å². The van der Waals surface area contributed by atoms with Crippen LogP contribution in [0.25, 0.3) is 11.9 Å². The van der Waals surface area contributed by atoms with E-state index < -0.39 is 17.5 Å². The van der Waals surface area contributed by atoms with Crippen LogP contribution in [0.4, 0.5) is 18.9 Å². The van der Waals surface area contributed by atoms with Crippen LogP contribution in [0.5, 0.6) is 0 Å². The van der Waals surface area contributed by atoms with Gasteiger partial charge >= 0.3 is 0 Å². The molecule has 3 aromatic rings. The van der Waals surface area contributed by atoms with Crippen LogP contribution in [0.3, 0.4) is 0 Å². The second-order valence-electron chi connectivity index (χ2n) is 7.22. The van der Waals surface area contributed by atoms with Gasteiger partial charge in [0.15, 0.2) is 11.6 Å². The molecule has 30 heavy (non-hydrogen) atoms. The number of aromatic nitrogens is 3. The highest BCUT2D eigenvalue weighted by molar-refractivity contribution is 5.52. The summed E-state index contributed by atoms with van der Waals surface area (Å²) in [5, 5.41) is 4.25. The summed E-state index contributed by atoms with van der Waals surface area (Å²) in [7, 11) is 0. The van der Waals surface area contributed by atoms with Gasteiger partial charge in [0.1, 0.15) is 11.6 Å². The molecule has 0 unspecified atom stereocenters. The van der Waals surface area contributed by atoms with Gasteiger partial charge in [-0.25, -0.2) is 22.8 Å². The number of halogens is 3. The molecule has 4 rings (SSSR count). The van der Waals surface area contributed by atoms with E-state index in [2.05, 4.69) is 15.0 Å². The van der Waals surface area contributed by atoms with Crippen LogP contribution in [0.15, 0.2) is 48.8 Å². The molecule has 0 N–H and O–H groups in total. The Balaban J connectivity index is 1.34. The molecule has 1 aliphatic rings. The van der Waals surface area contributed by atoms with Crippen LogP contribution in [0.1, 0.15) is 11.3 Å². The number of anilines is 1. The molecule has 1 aliphatic heterocycles. The van der Waals surface area contributed by atoms with Crippen molar-refractivity contribution >= 4 is 11.8 Å². The van der Waals surface area contributed by atoms with Crippen LogP contribution in [-0.4, -0.2) is 52.4 Å². The molecule has 5 nitrogen and oxygen atoms in total. The minimum atomic E-state index is -0.558. The Kier molecular flexibility index (Phi) is 5.85. The molecule has 156 valence electrons. The normalized spacial score (nSPS) is 15.3. The molecular weight excluding hydrogens is 391 g/mol. The summed E-state index contributed by atoms with van der Waals surface area (Å²) in [5.74, 6) is -1.36. The smallest absolute Gasteiger partial charge is 0.189 e. The maximum absolute atomic E-state index is 14.0. The molecule has 0 atom stereocenters. The molecule has 2 aromatic heterocycles. The first-order valence-corrected chi connectivity index (χ1v) is 9.77. The minimum absolute atomic E-state index is 0.180. The second-order valence-corrected chi connectivity index (χ2v) is 7.22. The van der Waals surface area contributed by atoms with Crippen LogP contribution in [0.2, 0.25) is 0 Å². The van der Waals surface area contributed by atoms with Crippen molar-refractivity contribution in [2.45, 2.75) is 6.92 Å². The Morgan fingerprint density at radius 2 is 1.77 bits per heavy atom. The van der Waals surface area contributed by atoms with Gasteiger partial charge in [-0.3, -0.25) is 4.90 Å². The average molecular weight is 413 g/mol. The zero-order chi connectivity index (χ0) is 21.1. The van der Waals surface area contributed by atoms with E-state index in [1.807, 2.05) is 24.0 Å². The van der Waals surface area contributed by atoms with Crippen molar-refractivity contribution in [2.24, 2.45) is 0 Å². The summed E-state index contributed by atoms with van der Waals surface area (Å²) in [6, 6.07) is 6.52. The van der Waals surface area contributed by atoms with Crippen LogP contribution in [-0.2, 0) is 0 Å². The number of hydrogen-bond acceptors (Lipinski definition) is 4. The van der Waals surface area contributed by atoms with E-state index in [9.17, 15) is 13.2 Å². The zero-order valence-corrected chi connectivity index (χ0v) is 16.6. The van der Waals surface area contributed by atoms with Gasteiger partial charge in [-0.1, -0.05) is 12.2 Å². The highest BCUT2D eigenvalue weighted by Gasteiger charge is 2.17. The summed E-state index contributed by atoms with van der Waals surface area (Å²) in [5.41, 5.74) is 2.28. The van der Waals surface area contributed by atoms with E-state index in [-0.39, 0.29) is 5.82 Å². The first kappa shape index (κ1) is 20.2. The quantitative estimate of drug-likeness (QED) is 0.637. The molecule has 8 heteroatoms. The standard InChI is InChI=1S/C22H22F3N5/c1-16-17(15-27-30(16)22-21(25)5-2-6-26-22)4-3-7-28-8-10-29(11-9-28)20-13-18(23)12-19(24)14-20/h2-6,12-15H,7-11H2,1H3/b4-3+. The summed E-state index contributed by atoms with van der Waals surface area (Å²) >= 11 is 0. The van der Waals surface area contributed by atoms with E-state index >= 15 is 0 Å². The van der Waals surface area contributed by atoms with E-state index in [4.69, 9.17) is 0 Å². The first-order valence-electron chi connectivity index (χ1n) is 9.77. The summed E-state index contributed by atoms with van der Waals surface area (Å²) in [6.07, 6.45) is 7.23. The number of hydrogen-bond donors (Lipinski definition) is 0. The molecule has 0 amide bonds. The second kappa shape index (κ2) is 8.71. The Hall–Kier alpha value is -3.13. The third kappa shape index (κ3) is 4.38. The number of piperazine rings is 1. The van der Waals surface area contributed by atoms with E-state index in [0.29, 0.717) is 18.8 Å². The molecule has 0 saturated carbocycles. The van der Waals surface area contributed by atoms with Crippen molar-refractivity contribution in [1.29, 1.82) is 0 Å². The van der Waals surface area contributed by atoms with E-state index in [1.54, 1.807) is 12.3 Å². The van der Waals surface area contributed by atoms with Gasteiger partial charge in [-0.15, -0.1) is 0 Å². The molecule has 0 spiro atoms. The van der Waals surface area contributed by atoms with Crippen molar-refractivity contribution in [3.05, 3.63) is 77.5 Å². The van der Waals surface area contributed by atoms with Crippen LogP contribution in [0, 0.1) is 24.4 Å². The lowest BCUT2D eigenvalue weighted by atomic mass is 10.2. The van der Waals surface area contributed by atoms with Gasteiger partial charge in [0.2, 0.25) is 0 Å². The number of benzene rings is 1. The van der Waals surface area contributed by atoms with Gasteiger partial charge in [0, 0.05) is 56.2 Å². The van der Waals surface area contributed by atoms with Crippen molar-refractivity contribution in [3.63, 3.8) is 0 Å². The Morgan fingerprint density at radius 3 is 2.47 bits per heavy atom. The third-order valence-corrected chi connectivity index (χ3v) is 5.23. The van der Waals surface area contributed by atoms with Gasteiger partial charge in [-0.2, -0.15) is 5.10 Å². The van der Waals surface area contributed by atoms with Crippen molar-refractivity contribution in [2.75, 3.05) is 37.6 Å². The van der Waals surface area contributed by atoms with E-state index in [0.717, 1.165) is 37.0 Å². The molecule has 1 saturated heterocycles. The average Bonchev–Trinajstić information content (AvgIpc) is 3.08. The van der Waals surface area contributed by atoms with Gasteiger partial charge in [-0.05, 0) is 31.2 Å². The van der Waals surface area contributed by atoms with Gasteiger partial charge in [0.05, 0.1) is 11.9 Å². The molecule has 3 heterocycles. The predicted octanol–water partition coefficient (Wildman–Crippen LogP) is 3.83. The van der Waals surface area contributed by atoms with Gasteiger partial charge < -0.3 is 4.90 Å². The van der Waals surface area contributed by atoms with Crippen molar-refractivity contribution in [1.82, 2.24) is 19.7 Å². The number of rotatable bonds is 5. The maximum Gasteiger partial charge on any atom is 0.189 e. The fraction of sp³-hybridized carbons (Fsp3) is 0.273. The third-order valence-electron chi connectivity index (χ3n) is 5.23. The zero-order valence-electron chi connectivity index (χ0n) is 16.6. The molecule has 1 fully saturated rings. The minimum Gasteiger partial charge on any atom is -0.369 e. The van der Waals surface area contributed by atoms with Crippen molar-refractivity contribution < 1.29 is 13.2 Å². The lowest BCUT2D eigenvalue weighted by Crippen LogP contribution is -2.46. The monoisotopic (exact) mass is 413 g/mol. The fourth-order valence-electron chi connectivity index (χ4n) is 3.57. The fourth-order valence-corrected chi connectivity index (χ4v) is 3.57. The lowest BCUT2D eigenvalue weighted by Gasteiger charge is -2.35. The Morgan fingerprint density at radius 1 is 1.03 bits per heavy atom. The molecule has 0 radical (unpaired) electrons. The van der Waals surface area contributed by atoms with E-state index in [1.165, 1.54) is 29.1 Å². The highest BCUT2D eigenvalue weighted by Crippen LogP contribution is 2.20. The number of pyridine rings is 1. The molecule has 0 bridgehead atoms. The topological polar surface area (TPSA) is 37.2 Å². The molecular formula is C22H22F3N5. The summed E-state index contributed by atoms with van der Waals surface area (Å²) < 4.78 is 42.3.